The van der Waals surface area contributed by atoms with Crippen LogP contribution in [0, 0.1) is 13.8 Å². The summed E-state index contributed by atoms with van der Waals surface area (Å²) in [7, 11) is 1.69. The number of imidazole rings is 1. The lowest BCUT2D eigenvalue weighted by molar-refractivity contribution is -0.116. The molecule has 0 aliphatic rings. The molecule has 5 aromatic rings. The van der Waals surface area contributed by atoms with Gasteiger partial charge in [0.05, 0.1) is 11.0 Å². The van der Waals surface area contributed by atoms with Gasteiger partial charge < -0.3 is 10.1 Å². The zero-order valence-electron chi connectivity index (χ0n) is 20.0. The number of carbonyl (C=O) groups excluding carboxylic acids is 1. The number of carbonyl (C=O) groups is 1. The third kappa shape index (κ3) is 4.58. The van der Waals surface area contributed by atoms with E-state index in [1.54, 1.807) is 19.4 Å². The van der Waals surface area contributed by atoms with Crippen LogP contribution < -0.4 is 15.7 Å². The van der Waals surface area contributed by atoms with Crippen molar-refractivity contribution in [3.8, 4) is 17.1 Å². The van der Waals surface area contributed by atoms with E-state index in [1.165, 1.54) is 15.5 Å². The van der Waals surface area contributed by atoms with Gasteiger partial charge in [0.2, 0.25) is 5.91 Å². The average Bonchev–Trinajstić information content (AvgIpc) is 3.47. The summed E-state index contributed by atoms with van der Waals surface area (Å²) in [6, 6.07) is 11.6. The second-order valence-electron chi connectivity index (χ2n) is 8.50. The number of rotatable bonds is 7. The normalized spacial score (nSPS) is 11.1. The molecule has 3 aromatic heterocycles. The Morgan fingerprint density at radius 3 is 2.50 bits per heavy atom. The predicted octanol–water partition coefficient (Wildman–Crippen LogP) is 2.75. The molecule has 5 rings (SSSR count). The molecular formula is C25H24N8O3. The van der Waals surface area contributed by atoms with E-state index in [1.807, 2.05) is 50.2 Å². The molecule has 0 radical (unpaired) electrons. The number of hydrogen-bond donors (Lipinski definition) is 2. The number of nitrogens with one attached hydrogen (secondary N) is 2. The van der Waals surface area contributed by atoms with Crippen molar-refractivity contribution >= 4 is 22.6 Å². The summed E-state index contributed by atoms with van der Waals surface area (Å²) < 4.78 is 8.56. The number of benzene rings is 2. The maximum atomic E-state index is 13.1. The quantitative estimate of drug-likeness (QED) is 0.363. The van der Waals surface area contributed by atoms with E-state index in [2.05, 4.69) is 30.5 Å². The third-order valence-electron chi connectivity index (χ3n) is 5.76. The van der Waals surface area contributed by atoms with Crippen molar-refractivity contribution in [1.29, 1.82) is 0 Å². The van der Waals surface area contributed by atoms with Gasteiger partial charge in [0.15, 0.2) is 12.4 Å². The Morgan fingerprint density at radius 1 is 1.06 bits per heavy atom. The van der Waals surface area contributed by atoms with Gasteiger partial charge in [0.1, 0.15) is 12.9 Å². The molecule has 0 saturated heterocycles. The molecule has 11 heteroatoms. The topological polar surface area (TPSA) is 133 Å². The van der Waals surface area contributed by atoms with Crippen LogP contribution in [0.25, 0.3) is 22.2 Å². The molecule has 0 unspecified atom stereocenters. The maximum absolute atomic E-state index is 13.1. The Kier molecular flexibility index (Phi) is 6.03. The van der Waals surface area contributed by atoms with Gasteiger partial charge in [0.25, 0.3) is 0 Å². The number of fused-ring (bicyclic) bond motifs is 1. The lowest BCUT2D eigenvalue weighted by Crippen LogP contribution is -2.28. The summed E-state index contributed by atoms with van der Waals surface area (Å²) in [5.41, 5.74) is 5.26. The molecule has 0 spiro atoms. The Bertz CT molecular complexity index is 1580. The second kappa shape index (κ2) is 9.45. The van der Waals surface area contributed by atoms with Crippen molar-refractivity contribution in [2.75, 3.05) is 5.32 Å². The minimum absolute atomic E-state index is 0.113. The Balaban J connectivity index is 1.44. The van der Waals surface area contributed by atoms with E-state index in [0.29, 0.717) is 28.1 Å². The lowest BCUT2D eigenvalue weighted by atomic mass is 10.0. The largest absolute Gasteiger partial charge is 0.455 e. The minimum atomic E-state index is -0.288. The maximum Gasteiger partial charge on any atom is 0.329 e. The lowest BCUT2D eigenvalue weighted by Gasteiger charge is -2.09. The molecule has 182 valence electrons. The Morgan fingerprint density at radius 2 is 1.81 bits per heavy atom. The summed E-state index contributed by atoms with van der Waals surface area (Å²) in [5, 5.41) is 9.34. The number of aromatic nitrogens is 7. The molecule has 0 bridgehead atoms. The predicted molar refractivity (Wildman–Crippen MR) is 133 cm³/mol. The fourth-order valence-corrected chi connectivity index (χ4v) is 4.01. The average molecular weight is 485 g/mol. The highest BCUT2D eigenvalue weighted by Gasteiger charge is 2.18. The van der Waals surface area contributed by atoms with Crippen molar-refractivity contribution in [2.45, 2.75) is 27.0 Å². The minimum Gasteiger partial charge on any atom is -0.455 e. The molecule has 0 aliphatic heterocycles. The molecule has 2 N–H and O–H groups in total. The number of anilines is 1. The first-order valence-electron chi connectivity index (χ1n) is 11.2. The standard InChI is InChI=1S/C25H24N8O3/c1-15-4-6-18(7-5-15)30-22(34)12-33-20-9-16(2)8-19(23(20)32(3)25(33)35)17-10-26-24(27-11-17)36-13-21-28-14-29-31-21/h4-11,14H,12-13H2,1-3H3,(H,30,34)(H,28,29,31). The smallest absolute Gasteiger partial charge is 0.329 e. The molecule has 0 saturated carbocycles. The van der Waals surface area contributed by atoms with Gasteiger partial charge in [-0.1, -0.05) is 17.7 Å². The summed E-state index contributed by atoms with van der Waals surface area (Å²) in [6.45, 7) is 3.96. The molecule has 0 aliphatic carbocycles. The van der Waals surface area contributed by atoms with Gasteiger partial charge in [-0.25, -0.2) is 19.7 Å². The van der Waals surface area contributed by atoms with E-state index < -0.39 is 0 Å². The number of aromatic amines is 1. The van der Waals surface area contributed by atoms with E-state index in [4.69, 9.17) is 4.74 Å². The van der Waals surface area contributed by atoms with Gasteiger partial charge in [-0.15, -0.1) is 0 Å². The van der Waals surface area contributed by atoms with Crippen LogP contribution in [0.3, 0.4) is 0 Å². The third-order valence-corrected chi connectivity index (χ3v) is 5.76. The summed E-state index contributed by atoms with van der Waals surface area (Å²) in [4.78, 5) is 38.5. The van der Waals surface area contributed by atoms with Crippen LogP contribution >= 0.6 is 0 Å². The highest BCUT2D eigenvalue weighted by Crippen LogP contribution is 2.29. The van der Waals surface area contributed by atoms with Crippen LogP contribution in [-0.4, -0.2) is 40.2 Å². The molecule has 11 nitrogen and oxygen atoms in total. The highest BCUT2D eigenvalue weighted by molar-refractivity contribution is 5.95. The zero-order chi connectivity index (χ0) is 25.2. The van der Waals surface area contributed by atoms with Gasteiger partial charge in [-0.3, -0.25) is 19.0 Å². The van der Waals surface area contributed by atoms with Gasteiger partial charge >= 0.3 is 11.7 Å². The first kappa shape index (κ1) is 23.0. The van der Waals surface area contributed by atoms with Crippen molar-refractivity contribution < 1.29 is 9.53 Å². The van der Waals surface area contributed by atoms with Crippen LogP contribution in [0.2, 0.25) is 0 Å². The van der Waals surface area contributed by atoms with Gasteiger partial charge in [-0.05, 0) is 43.7 Å². The van der Waals surface area contributed by atoms with Gasteiger partial charge in [-0.2, -0.15) is 5.10 Å². The number of amides is 1. The zero-order valence-corrected chi connectivity index (χ0v) is 20.0. The molecule has 1 amide bonds. The monoisotopic (exact) mass is 484 g/mol. The van der Waals surface area contributed by atoms with Crippen LogP contribution in [0.4, 0.5) is 5.69 Å². The summed E-state index contributed by atoms with van der Waals surface area (Å²) in [6.07, 6.45) is 4.68. The first-order valence-corrected chi connectivity index (χ1v) is 11.2. The fourth-order valence-electron chi connectivity index (χ4n) is 4.01. The van der Waals surface area contributed by atoms with Crippen molar-refractivity contribution in [2.24, 2.45) is 7.05 Å². The molecule has 3 heterocycles. The number of hydrogen-bond acceptors (Lipinski definition) is 7. The number of H-pyrrole nitrogens is 1. The molecule has 2 aromatic carbocycles. The second-order valence-corrected chi connectivity index (χ2v) is 8.50. The molecule has 36 heavy (non-hydrogen) atoms. The summed E-state index contributed by atoms with van der Waals surface area (Å²) >= 11 is 0. The fraction of sp³-hybridized carbons (Fsp3) is 0.200. The van der Waals surface area contributed by atoms with Crippen molar-refractivity contribution in [3.63, 3.8) is 0 Å². The van der Waals surface area contributed by atoms with Crippen LogP contribution in [-0.2, 0) is 25.0 Å². The molecule has 0 fully saturated rings. The highest BCUT2D eigenvalue weighted by atomic mass is 16.5. The van der Waals surface area contributed by atoms with E-state index in [9.17, 15) is 9.59 Å². The number of nitrogens with zero attached hydrogens (tertiary/aromatic N) is 6. The number of aryl methyl sites for hydroxylation is 3. The van der Waals surface area contributed by atoms with Gasteiger partial charge in [0, 0.05) is 36.3 Å². The van der Waals surface area contributed by atoms with Crippen molar-refractivity contribution in [1.82, 2.24) is 34.3 Å². The molecule has 0 atom stereocenters. The molecular weight excluding hydrogens is 460 g/mol. The van der Waals surface area contributed by atoms with E-state index in [0.717, 1.165) is 16.7 Å². The Labute approximate surface area is 205 Å². The van der Waals surface area contributed by atoms with Crippen molar-refractivity contribution in [3.05, 3.63) is 82.6 Å². The van der Waals surface area contributed by atoms with Crippen LogP contribution in [0.15, 0.2) is 59.9 Å². The van der Waals surface area contributed by atoms with Crippen LogP contribution in [0.5, 0.6) is 6.01 Å². The SMILES string of the molecule is Cc1ccc(NC(=O)Cn2c(=O)n(C)c3c(-c4cnc(OCc5ncn[nH]5)nc4)cc(C)cc32)cc1. The van der Waals surface area contributed by atoms with Crippen LogP contribution in [0.1, 0.15) is 17.0 Å². The first-order chi connectivity index (χ1) is 17.4. The number of ether oxygens (including phenoxy) is 1. The Hall–Kier alpha value is -4.80. The van der Waals surface area contributed by atoms with E-state index >= 15 is 0 Å². The van der Waals surface area contributed by atoms with E-state index in [-0.39, 0.29) is 30.8 Å². The summed E-state index contributed by atoms with van der Waals surface area (Å²) in [5.74, 6) is 0.277.